The number of benzene rings is 1. The largest absolute Gasteiger partial charge is 0.455 e. The molecule has 1 aromatic carbocycles. The number of amidine groups is 1. The number of nitrogens with one attached hydrogen (secondary N) is 2. The number of hydrogen-bond donors (Lipinski definition) is 2. The number of carbonyl (C=O) groups is 1. The maximum Gasteiger partial charge on any atom is 0.288 e. The van der Waals surface area contributed by atoms with E-state index in [0.29, 0.717) is 19.1 Å². The predicted molar refractivity (Wildman–Crippen MR) is 114 cm³/mol. The third-order valence-corrected chi connectivity index (χ3v) is 5.77. The number of rotatable bonds is 4. The zero-order valence-corrected chi connectivity index (χ0v) is 17.3. The lowest BCUT2D eigenvalue weighted by Gasteiger charge is -2.33. The van der Waals surface area contributed by atoms with Gasteiger partial charge >= 0.3 is 0 Å². The van der Waals surface area contributed by atoms with Gasteiger partial charge in [0.05, 0.1) is 12.6 Å². The Hall–Kier alpha value is -2.09. The van der Waals surface area contributed by atoms with Gasteiger partial charge in [-0.25, -0.2) is 4.99 Å². The summed E-state index contributed by atoms with van der Waals surface area (Å²) < 4.78 is 6.16. The lowest BCUT2D eigenvalue weighted by atomic mass is 10.0. The smallest absolute Gasteiger partial charge is 0.288 e. The van der Waals surface area contributed by atoms with Gasteiger partial charge in [0.2, 0.25) is 5.91 Å². The molecule has 0 radical (unpaired) electrons. The molecule has 0 bridgehead atoms. The molecule has 3 atom stereocenters. The van der Waals surface area contributed by atoms with Crippen molar-refractivity contribution in [1.82, 2.24) is 15.5 Å². The van der Waals surface area contributed by atoms with E-state index in [9.17, 15) is 4.79 Å². The molecular weight excluding hydrogens is 396 g/mol. The van der Waals surface area contributed by atoms with Crippen molar-refractivity contribution in [3.8, 4) is 0 Å². The molecule has 2 N–H and O–H groups in total. The van der Waals surface area contributed by atoms with Crippen LogP contribution in [-0.2, 0) is 16.1 Å². The Labute approximate surface area is 175 Å². The van der Waals surface area contributed by atoms with Crippen LogP contribution in [0, 0.1) is 0 Å². The fourth-order valence-corrected chi connectivity index (χ4v) is 4.08. The first-order valence-electron chi connectivity index (χ1n) is 9.28. The second kappa shape index (κ2) is 9.41. The molecule has 8 heteroatoms. The van der Waals surface area contributed by atoms with Crippen LogP contribution in [0.15, 0.2) is 52.8 Å². The maximum absolute atomic E-state index is 12.5. The molecule has 0 saturated carbocycles. The Bertz CT molecular complexity index is 800. The summed E-state index contributed by atoms with van der Waals surface area (Å²) in [6, 6.07) is 14.6. The summed E-state index contributed by atoms with van der Waals surface area (Å²) >= 11 is 1.65. The van der Waals surface area contributed by atoms with E-state index in [1.165, 1.54) is 0 Å². The Morgan fingerprint density at radius 2 is 2.14 bits per heavy atom. The van der Waals surface area contributed by atoms with E-state index in [1.54, 1.807) is 11.3 Å². The van der Waals surface area contributed by atoms with Gasteiger partial charge in [-0.2, -0.15) is 0 Å². The van der Waals surface area contributed by atoms with E-state index in [2.05, 4.69) is 34.6 Å². The van der Waals surface area contributed by atoms with Crippen LogP contribution in [0.3, 0.4) is 0 Å². The van der Waals surface area contributed by atoms with E-state index in [-0.39, 0.29) is 36.5 Å². The van der Waals surface area contributed by atoms with Crippen LogP contribution >= 0.6 is 23.7 Å². The molecular formula is C20H25ClN4O2S. The topological polar surface area (TPSA) is 66.0 Å². The van der Waals surface area contributed by atoms with Gasteiger partial charge in [-0.1, -0.05) is 36.4 Å². The molecule has 4 rings (SSSR count). The average molecular weight is 421 g/mol. The summed E-state index contributed by atoms with van der Waals surface area (Å²) in [5, 5.41) is 8.32. The van der Waals surface area contributed by atoms with Crippen molar-refractivity contribution in [2.75, 3.05) is 19.6 Å². The van der Waals surface area contributed by atoms with Crippen LogP contribution in [0.5, 0.6) is 0 Å². The van der Waals surface area contributed by atoms with Crippen molar-refractivity contribution in [2.45, 2.75) is 31.7 Å². The molecule has 0 aliphatic carbocycles. The lowest BCUT2D eigenvalue weighted by molar-refractivity contribution is -0.124. The summed E-state index contributed by atoms with van der Waals surface area (Å²) in [5.74, 6) is 0.0133. The van der Waals surface area contributed by atoms with Gasteiger partial charge in [0, 0.05) is 24.5 Å². The summed E-state index contributed by atoms with van der Waals surface area (Å²) in [5.41, 5.74) is 1.13. The highest BCUT2D eigenvalue weighted by Gasteiger charge is 2.35. The number of halogens is 1. The zero-order chi connectivity index (χ0) is 18.6. The normalized spacial score (nSPS) is 24.1. The lowest BCUT2D eigenvalue weighted by Crippen LogP contribution is -2.58. The molecule has 0 spiro atoms. The SMILES string of the molecule is C[C@@H]1N=C(N2CCN[C@H](C(=O)NCc3cccs3)C2)O[C@H]1c1ccccc1.Cl. The predicted octanol–water partition coefficient (Wildman–Crippen LogP) is 2.58. The first-order chi connectivity index (χ1) is 13.2. The molecule has 0 unspecified atom stereocenters. The summed E-state index contributed by atoms with van der Waals surface area (Å²) in [6.07, 6.45) is -0.0674. The van der Waals surface area contributed by atoms with Crippen molar-refractivity contribution in [2.24, 2.45) is 4.99 Å². The fourth-order valence-electron chi connectivity index (χ4n) is 3.44. The molecule has 1 fully saturated rings. The van der Waals surface area contributed by atoms with Crippen LogP contribution in [-0.4, -0.2) is 48.5 Å². The summed E-state index contributed by atoms with van der Waals surface area (Å²) in [7, 11) is 0. The molecule has 1 amide bonds. The van der Waals surface area contributed by atoms with Crippen LogP contribution < -0.4 is 10.6 Å². The van der Waals surface area contributed by atoms with E-state index in [1.807, 2.05) is 35.7 Å². The van der Waals surface area contributed by atoms with Crippen molar-refractivity contribution in [3.63, 3.8) is 0 Å². The number of carbonyl (C=O) groups excluding carboxylic acids is 1. The van der Waals surface area contributed by atoms with Gasteiger partial charge < -0.3 is 20.3 Å². The van der Waals surface area contributed by atoms with E-state index in [0.717, 1.165) is 23.5 Å². The first-order valence-corrected chi connectivity index (χ1v) is 10.2. The highest BCUT2D eigenvalue weighted by Crippen LogP contribution is 2.29. The Kier molecular flexibility index (Phi) is 6.93. The third-order valence-electron chi connectivity index (χ3n) is 4.89. The highest BCUT2D eigenvalue weighted by molar-refractivity contribution is 7.09. The molecule has 28 heavy (non-hydrogen) atoms. The minimum Gasteiger partial charge on any atom is -0.455 e. The van der Waals surface area contributed by atoms with Crippen LogP contribution in [0.4, 0.5) is 0 Å². The monoisotopic (exact) mass is 420 g/mol. The number of nitrogens with zero attached hydrogens (tertiary/aromatic N) is 2. The molecule has 3 heterocycles. The van der Waals surface area contributed by atoms with Gasteiger partial charge in [-0.3, -0.25) is 4.79 Å². The van der Waals surface area contributed by atoms with Crippen molar-refractivity contribution >= 4 is 35.7 Å². The van der Waals surface area contributed by atoms with Gasteiger partial charge in [-0.05, 0) is 23.9 Å². The summed E-state index contributed by atoms with van der Waals surface area (Å²) in [4.78, 5) is 20.5. The Balaban J connectivity index is 0.00000225. The van der Waals surface area contributed by atoms with Crippen LogP contribution in [0.1, 0.15) is 23.5 Å². The van der Waals surface area contributed by atoms with Crippen molar-refractivity contribution in [1.29, 1.82) is 0 Å². The number of ether oxygens (including phenoxy) is 1. The molecule has 1 saturated heterocycles. The Morgan fingerprint density at radius 1 is 1.32 bits per heavy atom. The number of thiophene rings is 1. The molecule has 2 aromatic rings. The van der Waals surface area contributed by atoms with Gasteiger partial charge in [0.25, 0.3) is 6.02 Å². The highest BCUT2D eigenvalue weighted by atomic mass is 35.5. The van der Waals surface area contributed by atoms with Crippen LogP contribution in [0.2, 0.25) is 0 Å². The van der Waals surface area contributed by atoms with Gasteiger partial charge in [0.15, 0.2) is 0 Å². The molecule has 6 nitrogen and oxygen atoms in total. The van der Waals surface area contributed by atoms with Gasteiger partial charge in [-0.15, -0.1) is 23.7 Å². The first kappa shape index (κ1) is 20.6. The van der Waals surface area contributed by atoms with E-state index >= 15 is 0 Å². The molecule has 1 aromatic heterocycles. The summed E-state index contributed by atoms with van der Waals surface area (Å²) in [6.45, 7) is 4.70. The van der Waals surface area contributed by atoms with Crippen molar-refractivity contribution < 1.29 is 9.53 Å². The molecule has 2 aliphatic heterocycles. The number of aliphatic imine (C=N–C) groups is 1. The Morgan fingerprint density at radius 3 is 2.89 bits per heavy atom. The number of piperazine rings is 1. The third kappa shape index (κ3) is 4.66. The second-order valence-corrected chi connectivity index (χ2v) is 7.88. The maximum atomic E-state index is 12.5. The minimum atomic E-state index is -0.268. The molecule has 150 valence electrons. The fraction of sp³-hybridized carbons (Fsp3) is 0.400. The van der Waals surface area contributed by atoms with E-state index in [4.69, 9.17) is 9.73 Å². The quantitative estimate of drug-likeness (QED) is 0.797. The minimum absolute atomic E-state index is 0. The zero-order valence-electron chi connectivity index (χ0n) is 15.7. The number of hydrogen-bond acceptors (Lipinski definition) is 6. The van der Waals surface area contributed by atoms with Gasteiger partial charge in [0.1, 0.15) is 12.1 Å². The second-order valence-electron chi connectivity index (χ2n) is 6.85. The van der Waals surface area contributed by atoms with Crippen molar-refractivity contribution in [3.05, 3.63) is 58.3 Å². The standard InChI is InChI=1S/C20H24N4O2S.ClH/c1-14-18(15-6-3-2-4-7-15)26-20(23-14)24-10-9-21-17(13-24)19(25)22-12-16-8-5-11-27-16;/h2-8,11,14,17-18,21H,9-10,12-13H2,1H3,(H,22,25);1H/t14-,17-,18+;/m0./s1. The van der Waals surface area contributed by atoms with E-state index < -0.39 is 0 Å². The van der Waals surface area contributed by atoms with Crippen LogP contribution in [0.25, 0.3) is 0 Å². The number of amides is 1. The molecule has 2 aliphatic rings. The average Bonchev–Trinajstić information content (AvgIpc) is 3.36.